The highest BCUT2D eigenvalue weighted by Crippen LogP contribution is 2.54. The molecule has 0 spiro atoms. The van der Waals surface area contributed by atoms with Gasteiger partial charge in [0.1, 0.15) is 5.82 Å². The lowest BCUT2D eigenvalue weighted by Crippen LogP contribution is -2.28. The predicted octanol–water partition coefficient (Wildman–Crippen LogP) is 1.98. The van der Waals surface area contributed by atoms with Gasteiger partial charge < -0.3 is 9.88 Å². The van der Waals surface area contributed by atoms with Crippen molar-refractivity contribution in [2.75, 3.05) is 6.54 Å². The summed E-state index contributed by atoms with van der Waals surface area (Å²) in [6.45, 7) is 0.666. The van der Waals surface area contributed by atoms with E-state index in [1.807, 2.05) is 0 Å². The third kappa shape index (κ3) is 2.41. The van der Waals surface area contributed by atoms with Crippen molar-refractivity contribution < 1.29 is 4.79 Å². The smallest absolute Gasteiger partial charge is 0.223 e. The topological polar surface area (TPSA) is 62.7 Å². The molecule has 0 aliphatic heterocycles. The van der Waals surface area contributed by atoms with E-state index in [2.05, 4.69) is 20.1 Å². The molecule has 108 valence electrons. The quantitative estimate of drug-likeness (QED) is 0.788. The van der Waals surface area contributed by atoms with Crippen LogP contribution in [0.4, 0.5) is 0 Å². The minimum atomic E-state index is 0.244. The fourth-order valence-corrected chi connectivity index (χ4v) is 3.51. The fourth-order valence-electron chi connectivity index (χ4n) is 3.21. The summed E-state index contributed by atoms with van der Waals surface area (Å²) in [5.74, 6) is 3.07. The van der Waals surface area contributed by atoms with E-state index in [4.69, 9.17) is 12.2 Å². The van der Waals surface area contributed by atoms with Crippen molar-refractivity contribution in [1.82, 2.24) is 20.1 Å². The highest BCUT2D eigenvalue weighted by atomic mass is 32.1. The molecule has 2 atom stereocenters. The second-order valence-corrected chi connectivity index (χ2v) is 6.82. The Bertz CT molecular complexity index is 584. The number of hydrogen-bond acceptors (Lipinski definition) is 3. The largest absolute Gasteiger partial charge is 0.355 e. The number of aromatic nitrogens is 3. The Hall–Kier alpha value is -1.17. The first-order chi connectivity index (χ1) is 9.74. The molecule has 20 heavy (non-hydrogen) atoms. The molecule has 3 saturated carbocycles. The molecule has 5 nitrogen and oxygen atoms in total. The monoisotopic (exact) mass is 292 g/mol. The van der Waals surface area contributed by atoms with Gasteiger partial charge in [-0.05, 0) is 56.2 Å². The van der Waals surface area contributed by atoms with Gasteiger partial charge in [-0.1, -0.05) is 0 Å². The summed E-state index contributed by atoms with van der Waals surface area (Å²) in [6, 6.07) is 0.537. The number of amides is 1. The van der Waals surface area contributed by atoms with Crippen molar-refractivity contribution >= 4 is 18.1 Å². The molecule has 1 aromatic heterocycles. The molecule has 1 amide bonds. The summed E-state index contributed by atoms with van der Waals surface area (Å²) in [4.78, 5) is 12.0. The second-order valence-electron chi connectivity index (χ2n) is 6.43. The summed E-state index contributed by atoms with van der Waals surface area (Å²) in [6.07, 6.45) is 6.93. The third-order valence-corrected chi connectivity index (χ3v) is 5.03. The number of carbonyl (C=O) groups excluding carboxylic acids is 1. The molecular formula is C14H20N4OS. The van der Waals surface area contributed by atoms with Gasteiger partial charge in [0, 0.05) is 24.9 Å². The van der Waals surface area contributed by atoms with Crippen LogP contribution in [0.5, 0.6) is 0 Å². The summed E-state index contributed by atoms with van der Waals surface area (Å²) >= 11 is 5.25. The molecule has 6 heteroatoms. The zero-order valence-electron chi connectivity index (χ0n) is 11.5. The Balaban J connectivity index is 1.28. The minimum Gasteiger partial charge on any atom is -0.355 e. The number of carbonyl (C=O) groups is 1. The zero-order chi connectivity index (χ0) is 13.7. The van der Waals surface area contributed by atoms with Crippen LogP contribution in [0.15, 0.2) is 0 Å². The molecule has 3 aliphatic rings. The zero-order valence-corrected chi connectivity index (χ0v) is 12.3. The van der Waals surface area contributed by atoms with E-state index >= 15 is 0 Å². The molecule has 0 radical (unpaired) electrons. The minimum absolute atomic E-state index is 0.244. The van der Waals surface area contributed by atoms with Crippen LogP contribution in [0.2, 0.25) is 0 Å². The molecule has 2 N–H and O–H groups in total. The predicted molar refractivity (Wildman–Crippen MR) is 76.7 cm³/mol. The van der Waals surface area contributed by atoms with Gasteiger partial charge in [0.15, 0.2) is 4.77 Å². The Kier molecular flexibility index (Phi) is 2.94. The van der Waals surface area contributed by atoms with E-state index in [1.54, 1.807) is 0 Å². The van der Waals surface area contributed by atoms with Crippen LogP contribution < -0.4 is 5.32 Å². The van der Waals surface area contributed by atoms with Crippen LogP contribution in [0.3, 0.4) is 0 Å². The van der Waals surface area contributed by atoms with Gasteiger partial charge in [0.2, 0.25) is 5.91 Å². The van der Waals surface area contributed by atoms with Crippen molar-refractivity contribution in [3.8, 4) is 0 Å². The van der Waals surface area contributed by atoms with E-state index < -0.39 is 0 Å². The van der Waals surface area contributed by atoms with E-state index in [9.17, 15) is 4.79 Å². The number of aromatic amines is 1. The standard InChI is InChI=1S/C14H20N4OS/c19-13(11-7-10(11)8-1-2-8)15-6-5-12-16-17-14(20)18(12)9-3-4-9/h8-11H,1-7H2,(H,15,19)(H,17,20)/t10-,11+/m0/s1. The third-order valence-electron chi connectivity index (χ3n) is 4.74. The van der Waals surface area contributed by atoms with Gasteiger partial charge in [0.25, 0.3) is 0 Å². The average Bonchev–Trinajstić information content (AvgIpc) is 3.28. The number of nitrogens with one attached hydrogen (secondary N) is 2. The Labute approximate surface area is 123 Å². The average molecular weight is 292 g/mol. The summed E-state index contributed by atoms with van der Waals surface area (Å²) in [5, 5.41) is 10.2. The Morgan fingerprint density at radius 1 is 1.40 bits per heavy atom. The maximum absolute atomic E-state index is 12.0. The Morgan fingerprint density at radius 2 is 2.20 bits per heavy atom. The van der Waals surface area contributed by atoms with Crippen LogP contribution in [0.25, 0.3) is 0 Å². The maximum atomic E-state index is 12.0. The second kappa shape index (κ2) is 4.69. The summed E-state index contributed by atoms with van der Waals surface area (Å²) in [7, 11) is 0. The summed E-state index contributed by atoms with van der Waals surface area (Å²) < 4.78 is 2.83. The normalized spacial score (nSPS) is 28.4. The lowest BCUT2D eigenvalue weighted by atomic mass is 10.2. The number of hydrogen-bond donors (Lipinski definition) is 2. The highest BCUT2D eigenvalue weighted by molar-refractivity contribution is 7.71. The van der Waals surface area contributed by atoms with Crippen molar-refractivity contribution in [3.63, 3.8) is 0 Å². The van der Waals surface area contributed by atoms with E-state index in [-0.39, 0.29) is 5.91 Å². The number of H-pyrrole nitrogens is 1. The molecule has 0 bridgehead atoms. The summed E-state index contributed by atoms with van der Waals surface area (Å²) in [5.41, 5.74) is 0. The van der Waals surface area contributed by atoms with Crippen LogP contribution in [-0.4, -0.2) is 27.2 Å². The van der Waals surface area contributed by atoms with Crippen LogP contribution in [0.1, 0.15) is 44.0 Å². The van der Waals surface area contributed by atoms with Gasteiger partial charge in [0.05, 0.1) is 0 Å². The first-order valence-electron chi connectivity index (χ1n) is 7.67. The van der Waals surface area contributed by atoms with Crippen LogP contribution in [-0.2, 0) is 11.2 Å². The van der Waals surface area contributed by atoms with Gasteiger partial charge in [-0.3, -0.25) is 9.89 Å². The molecule has 3 aliphatic carbocycles. The fraction of sp³-hybridized carbons (Fsp3) is 0.786. The SMILES string of the molecule is O=C(NCCc1n[nH]c(=S)n1C1CC1)[C@@H]1C[C@H]1C1CC1. The Morgan fingerprint density at radius 3 is 2.90 bits per heavy atom. The molecule has 0 aromatic carbocycles. The molecule has 1 aromatic rings. The lowest BCUT2D eigenvalue weighted by molar-refractivity contribution is -0.122. The van der Waals surface area contributed by atoms with Gasteiger partial charge in [-0.25, -0.2) is 0 Å². The van der Waals surface area contributed by atoms with Crippen molar-refractivity contribution in [1.29, 1.82) is 0 Å². The molecular weight excluding hydrogens is 272 g/mol. The number of nitrogens with zero attached hydrogens (tertiary/aromatic N) is 2. The molecule has 3 fully saturated rings. The highest BCUT2D eigenvalue weighted by Gasteiger charge is 2.50. The number of rotatable bonds is 6. The van der Waals surface area contributed by atoms with Crippen molar-refractivity contribution in [3.05, 3.63) is 10.6 Å². The van der Waals surface area contributed by atoms with Crippen molar-refractivity contribution in [2.24, 2.45) is 17.8 Å². The first kappa shape index (κ1) is 12.6. The first-order valence-corrected chi connectivity index (χ1v) is 8.08. The lowest BCUT2D eigenvalue weighted by Gasteiger charge is -2.06. The van der Waals surface area contributed by atoms with E-state index in [0.29, 0.717) is 29.2 Å². The van der Waals surface area contributed by atoms with E-state index in [1.165, 1.54) is 25.7 Å². The maximum Gasteiger partial charge on any atom is 0.223 e. The van der Waals surface area contributed by atoms with Gasteiger partial charge in [-0.15, -0.1) is 0 Å². The molecule has 1 heterocycles. The molecule has 0 unspecified atom stereocenters. The van der Waals surface area contributed by atoms with Gasteiger partial charge >= 0.3 is 0 Å². The molecule has 4 rings (SSSR count). The molecule has 0 saturated heterocycles. The van der Waals surface area contributed by atoms with Crippen LogP contribution in [0, 0.1) is 22.5 Å². The van der Waals surface area contributed by atoms with Gasteiger partial charge in [-0.2, -0.15) is 5.10 Å². The van der Waals surface area contributed by atoms with Crippen molar-refractivity contribution in [2.45, 2.75) is 44.6 Å². The van der Waals surface area contributed by atoms with Crippen LogP contribution >= 0.6 is 12.2 Å². The van der Waals surface area contributed by atoms with E-state index in [0.717, 1.165) is 24.6 Å².